The first kappa shape index (κ1) is 8.32. The Morgan fingerprint density at radius 3 is 2.64 bits per heavy atom. The number of aryl methyl sites for hydroxylation is 1. The Labute approximate surface area is 69.3 Å². The molecule has 1 aromatic rings. The fraction of sp³-hybridized carbons (Fsp3) is 0.364. The average Bonchev–Trinajstić information content (AvgIpc) is 2.03. The van der Waals surface area contributed by atoms with E-state index in [1.807, 2.05) is 18.2 Å². The molecule has 0 N–H and O–H groups in total. The summed E-state index contributed by atoms with van der Waals surface area (Å²) in [6.45, 7) is 7.95. The van der Waals surface area contributed by atoms with Gasteiger partial charge in [0.1, 0.15) is 0 Å². The van der Waals surface area contributed by atoms with Crippen molar-refractivity contribution in [3.8, 4) is 0 Å². The molecule has 58 valence electrons. The number of hydrogen-bond donors (Lipinski definition) is 0. The SMILES string of the molecule is [CH]c1ccccc1CCCC. The fourth-order valence-electron chi connectivity index (χ4n) is 1.13. The quantitative estimate of drug-likeness (QED) is 0.614. The van der Waals surface area contributed by atoms with Gasteiger partial charge in [-0.05, 0) is 30.9 Å². The Morgan fingerprint density at radius 2 is 2.00 bits per heavy atom. The van der Waals surface area contributed by atoms with Gasteiger partial charge < -0.3 is 0 Å². The highest BCUT2D eigenvalue weighted by Gasteiger charge is 1.94. The van der Waals surface area contributed by atoms with Crippen molar-refractivity contribution in [1.82, 2.24) is 0 Å². The number of unbranched alkanes of at least 4 members (excludes halogenated alkanes) is 1. The van der Waals surface area contributed by atoms with E-state index >= 15 is 0 Å². The maximum atomic E-state index is 5.76. The Kier molecular flexibility index (Phi) is 3.15. The first-order valence-corrected chi connectivity index (χ1v) is 4.18. The van der Waals surface area contributed by atoms with Gasteiger partial charge in [-0.2, -0.15) is 0 Å². The summed E-state index contributed by atoms with van der Waals surface area (Å²) in [7, 11) is 0. The molecular weight excluding hydrogens is 132 g/mol. The summed E-state index contributed by atoms with van der Waals surface area (Å²) >= 11 is 0. The summed E-state index contributed by atoms with van der Waals surface area (Å²) in [6.07, 6.45) is 3.58. The van der Waals surface area contributed by atoms with Crippen LogP contribution >= 0.6 is 0 Å². The zero-order valence-corrected chi connectivity index (χ0v) is 7.01. The largest absolute Gasteiger partial charge is 0.0654 e. The molecule has 0 bridgehead atoms. The van der Waals surface area contributed by atoms with Crippen molar-refractivity contribution in [2.45, 2.75) is 26.2 Å². The zero-order chi connectivity index (χ0) is 8.10. The van der Waals surface area contributed by atoms with Crippen molar-refractivity contribution >= 4 is 0 Å². The minimum absolute atomic E-state index is 0.931. The molecule has 1 aromatic carbocycles. The van der Waals surface area contributed by atoms with E-state index in [9.17, 15) is 0 Å². The second-order valence-electron chi connectivity index (χ2n) is 2.80. The predicted molar refractivity (Wildman–Crippen MR) is 48.5 cm³/mol. The van der Waals surface area contributed by atoms with Gasteiger partial charge >= 0.3 is 0 Å². The molecule has 0 spiro atoms. The van der Waals surface area contributed by atoms with E-state index in [-0.39, 0.29) is 0 Å². The van der Waals surface area contributed by atoms with Crippen LogP contribution in [0.15, 0.2) is 24.3 Å². The lowest BCUT2D eigenvalue weighted by Crippen LogP contribution is -1.87. The summed E-state index contributed by atoms with van der Waals surface area (Å²) < 4.78 is 0. The average molecular weight is 146 g/mol. The van der Waals surface area contributed by atoms with E-state index in [1.54, 1.807) is 0 Å². The maximum absolute atomic E-state index is 5.76. The summed E-state index contributed by atoms with van der Waals surface area (Å²) in [5.74, 6) is 0. The highest BCUT2D eigenvalue weighted by molar-refractivity contribution is 5.29. The van der Waals surface area contributed by atoms with E-state index in [2.05, 4.69) is 13.0 Å². The molecule has 0 atom stereocenters. The standard InChI is InChI=1S/C11H14/c1-3-4-8-11-9-6-5-7-10(11)2/h2,5-7,9H,3-4,8H2,1H3. The molecule has 0 saturated carbocycles. The molecule has 0 heterocycles. The van der Waals surface area contributed by atoms with Crippen molar-refractivity contribution in [3.63, 3.8) is 0 Å². The van der Waals surface area contributed by atoms with Gasteiger partial charge in [0, 0.05) is 0 Å². The molecule has 0 aliphatic carbocycles. The van der Waals surface area contributed by atoms with Crippen LogP contribution < -0.4 is 0 Å². The van der Waals surface area contributed by atoms with E-state index in [4.69, 9.17) is 6.92 Å². The van der Waals surface area contributed by atoms with Gasteiger partial charge in [0.2, 0.25) is 0 Å². The molecule has 0 saturated heterocycles. The van der Waals surface area contributed by atoms with Gasteiger partial charge in [0.15, 0.2) is 0 Å². The second kappa shape index (κ2) is 4.17. The van der Waals surface area contributed by atoms with Crippen LogP contribution in [-0.2, 0) is 6.42 Å². The maximum Gasteiger partial charge on any atom is -0.000911 e. The first-order chi connectivity index (χ1) is 5.34. The highest BCUT2D eigenvalue weighted by Crippen LogP contribution is 2.09. The zero-order valence-electron chi connectivity index (χ0n) is 7.01. The van der Waals surface area contributed by atoms with Crippen LogP contribution in [0.2, 0.25) is 0 Å². The third kappa shape index (κ3) is 2.38. The summed E-state index contributed by atoms with van der Waals surface area (Å²) in [5, 5.41) is 0. The summed E-state index contributed by atoms with van der Waals surface area (Å²) in [6, 6.07) is 8.09. The van der Waals surface area contributed by atoms with Crippen LogP contribution in [0.25, 0.3) is 0 Å². The highest BCUT2D eigenvalue weighted by atomic mass is 14.0. The molecular formula is C11H14. The number of hydrogen-bond acceptors (Lipinski definition) is 0. The van der Waals surface area contributed by atoms with Crippen molar-refractivity contribution in [3.05, 3.63) is 42.3 Å². The molecule has 1 rings (SSSR count). The van der Waals surface area contributed by atoms with E-state index in [1.165, 1.54) is 18.4 Å². The van der Waals surface area contributed by atoms with Crippen LogP contribution in [0.4, 0.5) is 0 Å². The molecule has 0 nitrogen and oxygen atoms in total. The normalized spacial score (nSPS) is 10.0. The molecule has 0 heteroatoms. The smallest absolute Gasteiger partial charge is 0.000911 e. The molecule has 0 unspecified atom stereocenters. The van der Waals surface area contributed by atoms with Gasteiger partial charge in [0.25, 0.3) is 0 Å². The summed E-state index contributed by atoms with van der Waals surface area (Å²) in [4.78, 5) is 0. The van der Waals surface area contributed by atoms with E-state index in [0.717, 1.165) is 12.0 Å². The monoisotopic (exact) mass is 146 g/mol. The van der Waals surface area contributed by atoms with Gasteiger partial charge in [-0.25, -0.2) is 0 Å². The molecule has 11 heavy (non-hydrogen) atoms. The first-order valence-electron chi connectivity index (χ1n) is 4.18. The number of rotatable bonds is 3. The fourth-order valence-corrected chi connectivity index (χ4v) is 1.13. The lowest BCUT2D eigenvalue weighted by atomic mass is 10.0. The topological polar surface area (TPSA) is 0 Å². The third-order valence-electron chi connectivity index (χ3n) is 1.85. The van der Waals surface area contributed by atoms with Crippen molar-refractivity contribution in [1.29, 1.82) is 0 Å². The van der Waals surface area contributed by atoms with Crippen molar-refractivity contribution in [2.75, 3.05) is 0 Å². The van der Waals surface area contributed by atoms with Crippen LogP contribution in [0.1, 0.15) is 30.9 Å². The van der Waals surface area contributed by atoms with E-state index < -0.39 is 0 Å². The van der Waals surface area contributed by atoms with Crippen molar-refractivity contribution < 1.29 is 0 Å². The molecule has 0 fully saturated rings. The van der Waals surface area contributed by atoms with E-state index in [0.29, 0.717) is 0 Å². The Bertz CT molecular complexity index is 213. The Morgan fingerprint density at radius 1 is 1.27 bits per heavy atom. The molecule has 0 amide bonds. The molecule has 0 aliphatic rings. The second-order valence-corrected chi connectivity index (χ2v) is 2.80. The molecule has 0 aliphatic heterocycles. The van der Waals surface area contributed by atoms with Crippen LogP contribution in [0.5, 0.6) is 0 Å². The lowest BCUT2D eigenvalue weighted by Gasteiger charge is -2.02. The van der Waals surface area contributed by atoms with Crippen LogP contribution in [0.3, 0.4) is 0 Å². The van der Waals surface area contributed by atoms with Gasteiger partial charge in [0.05, 0.1) is 0 Å². The summed E-state index contributed by atoms with van der Waals surface area (Å²) in [5.41, 5.74) is 2.22. The predicted octanol–water partition coefficient (Wildman–Crippen LogP) is 3.09. The molecule has 2 radical (unpaired) electrons. The Balaban J connectivity index is 2.62. The number of benzene rings is 1. The third-order valence-corrected chi connectivity index (χ3v) is 1.85. The minimum Gasteiger partial charge on any atom is -0.0654 e. The van der Waals surface area contributed by atoms with Crippen LogP contribution in [0, 0.1) is 6.92 Å². The lowest BCUT2D eigenvalue weighted by molar-refractivity contribution is 0.793. The van der Waals surface area contributed by atoms with Crippen LogP contribution in [-0.4, -0.2) is 0 Å². The van der Waals surface area contributed by atoms with Gasteiger partial charge in [-0.15, -0.1) is 0 Å². The Hall–Kier alpha value is -0.780. The van der Waals surface area contributed by atoms with Crippen molar-refractivity contribution in [2.24, 2.45) is 0 Å². The van der Waals surface area contributed by atoms with Gasteiger partial charge in [-0.1, -0.05) is 37.6 Å². The minimum atomic E-state index is 0.931. The van der Waals surface area contributed by atoms with Gasteiger partial charge in [-0.3, -0.25) is 0 Å². The molecule has 0 aromatic heterocycles.